The molecule has 0 rings (SSSR count). The van der Waals surface area contributed by atoms with E-state index < -0.39 is 5.97 Å². The van der Waals surface area contributed by atoms with Crippen molar-refractivity contribution >= 4 is 69.0 Å². The molecule has 1 N–H and O–H groups in total. The second-order valence-electron chi connectivity index (χ2n) is 3.28. The Morgan fingerprint density at radius 3 is 2.50 bits per heavy atom. The molecule has 0 bridgehead atoms. The van der Waals surface area contributed by atoms with Crippen molar-refractivity contribution in [2.45, 2.75) is 37.4 Å². The molecule has 14 heavy (non-hydrogen) atoms. The molecule has 80 valence electrons. The van der Waals surface area contributed by atoms with Crippen molar-refractivity contribution in [3.63, 3.8) is 0 Å². The van der Waals surface area contributed by atoms with Crippen LogP contribution in [0.15, 0.2) is 0 Å². The standard InChI is InChI=1S/C8H16O2S2.2In.4H/c9-8(10)4-2-1-3-7(12)5-6-11;;;;;;/h7,11-12H,1-6H2,(H,9,10);;;;;;/q;2*+1;;;;/p-2. The number of rotatable bonds is 9. The van der Waals surface area contributed by atoms with Gasteiger partial charge in [-0.15, -0.1) is 0 Å². The molecule has 0 spiro atoms. The van der Waals surface area contributed by atoms with Crippen LogP contribution in [0.2, 0.25) is 0 Å². The van der Waals surface area contributed by atoms with Crippen LogP contribution in [0.5, 0.6) is 0 Å². The topological polar surface area (TPSA) is 37.3 Å². The van der Waals surface area contributed by atoms with Crippen LogP contribution in [0.1, 0.15) is 32.1 Å². The molecule has 0 radical (unpaired) electrons. The molecule has 0 aromatic rings. The molecule has 0 aliphatic heterocycles. The first-order valence-corrected chi connectivity index (χ1v) is 21.6. The fourth-order valence-electron chi connectivity index (χ4n) is 1.28. The zero-order valence-electron chi connectivity index (χ0n) is 8.99. The fraction of sp³-hybridized carbons (Fsp3) is 0.875. The minimum absolute atomic E-state index is 0.351. The van der Waals surface area contributed by atoms with E-state index in [9.17, 15) is 4.79 Å². The van der Waals surface area contributed by atoms with Crippen LogP contribution < -0.4 is 0 Å². The van der Waals surface area contributed by atoms with Crippen molar-refractivity contribution in [1.82, 2.24) is 0 Å². The van der Waals surface area contributed by atoms with Gasteiger partial charge in [0.1, 0.15) is 0 Å². The van der Waals surface area contributed by atoms with E-state index in [0.29, 0.717) is 6.42 Å². The Hall–Kier alpha value is 1.91. The van der Waals surface area contributed by atoms with E-state index in [0.717, 1.165) is 63.9 Å². The molecule has 0 fully saturated rings. The molecular formula is C8H18In2O2S2. The first kappa shape index (κ1) is 15.9. The van der Waals surface area contributed by atoms with Crippen LogP contribution in [-0.2, 0) is 4.79 Å². The molecule has 0 heterocycles. The number of carboxylic acids is 1. The van der Waals surface area contributed by atoms with Crippen molar-refractivity contribution in [3.8, 4) is 0 Å². The molecule has 0 saturated carbocycles. The average Bonchev–Trinajstić information content (AvgIpc) is 2.16. The van der Waals surface area contributed by atoms with E-state index in [1.54, 1.807) is 0 Å². The Balaban J connectivity index is 3.37. The zero-order chi connectivity index (χ0) is 10.8. The van der Waals surface area contributed by atoms with E-state index in [2.05, 4.69) is 17.2 Å². The normalized spacial score (nSPS) is 12.6. The van der Waals surface area contributed by atoms with Gasteiger partial charge in [-0.1, -0.05) is 0 Å². The van der Waals surface area contributed by atoms with Gasteiger partial charge in [0.25, 0.3) is 0 Å². The van der Waals surface area contributed by atoms with Crippen LogP contribution >= 0.6 is 17.2 Å². The SMILES string of the molecule is O=C(O)CCCCC(CC[S][InH2])[S][InH2]. The summed E-state index contributed by atoms with van der Waals surface area (Å²) in [7, 11) is 4.26. The van der Waals surface area contributed by atoms with Crippen LogP contribution in [-0.4, -0.2) is 67.9 Å². The molecule has 0 aliphatic carbocycles. The number of carbonyl (C=O) groups is 1. The first-order chi connectivity index (χ1) is 6.70. The maximum absolute atomic E-state index is 10.3. The van der Waals surface area contributed by atoms with Crippen LogP contribution in [0.25, 0.3) is 0 Å². The van der Waals surface area contributed by atoms with Gasteiger partial charge < -0.3 is 0 Å². The van der Waals surface area contributed by atoms with Crippen LogP contribution in [0.3, 0.4) is 0 Å². The van der Waals surface area contributed by atoms with Gasteiger partial charge in [0.05, 0.1) is 0 Å². The Kier molecular flexibility index (Phi) is 13.0. The zero-order valence-corrected chi connectivity index (χ0v) is 22.0. The van der Waals surface area contributed by atoms with Gasteiger partial charge in [-0.25, -0.2) is 0 Å². The summed E-state index contributed by atoms with van der Waals surface area (Å²) < 4.78 is 0. The summed E-state index contributed by atoms with van der Waals surface area (Å²) in [6.45, 7) is 0. The average molecular weight is 440 g/mol. The van der Waals surface area contributed by atoms with E-state index in [1.807, 2.05) is 0 Å². The summed E-state index contributed by atoms with van der Waals surface area (Å²) in [5.41, 5.74) is 0. The Morgan fingerprint density at radius 1 is 1.29 bits per heavy atom. The van der Waals surface area contributed by atoms with Crippen molar-refractivity contribution in [1.29, 1.82) is 0 Å². The summed E-state index contributed by atoms with van der Waals surface area (Å²) in [6, 6.07) is 0. The first-order valence-electron chi connectivity index (χ1n) is 4.94. The van der Waals surface area contributed by atoms with Gasteiger partial charge in [-0.2, -0.15) is 0 Å². The van der Waals surface area contributed by atoms with E-state index >= 15 is 0 Å². The maximum atomic E-state index is 10.3. The Bertz CT molecular complexity index is 158. The van der Waals surface area contributed by atoms with Gasteiger partial charge in [-0.3, -0.25) is 0 Å². The summed E-state index contributed by atoms with van der Waals surface area (Å²) in [6.07, 6.45) is 4.90. The molecule has 0 saturated heterocycles. The second-order valence-corrected chi connectivity index (χ2v) is 14.4. The predicted octanol–water partition coefficient (Wildman–Crippen LogP) is 0.953. The Morgan fingerprint density at radius 2 is 2.00 bits per heavy atom. The van der Waals surface area contributed by atoms with Gasteiger partial charge in [0, 0.05) is 0 Å². The van der Waals surface area contributed by atoms with Gasteiger partial charge in [0.15, 0.2) is 0 Å². The van der Waals surface area contributed by atoms with Crippen molar-refractivity contribution in [2.24, 2.45) is 0 Å². The number of aliphatic carboxylic acids is 1. The molecule has 0 amide bonds. The van der Waals surface area contributed by atoms with Crippen molar-refractivity contribution < 1.29 is 9.90 Å². The van der Waals surface area contributed by atoms with E-state index in [1.165, 1.54) is 18.6 Å². The van der Waals surface area contributed by atoms with Crippen molar-refractivity contribution in [2.75, 3.05) is 5.75 Å². The number of unbranched alkanes of at least 4 members (excludes halogenated alkanes) is 1. The predicted molar refractivity (Wildman–Crippen MR) is 71.6 cm³/mol. The molecule has 0 aromatic carbocycles. The third-order valence-corrected chi connectivity index (χ3v) is 13.1. The molecule has 6 heteroatoms. The fourth-order valence-corrected chi connectivity index (χ4v) is 8.76. The summed E-state index contributed by atoms with van der Waals surface area (Å²) in [5, 5.41) is 9.33. The molecular weight excluding hydrogens is 422 g/mol. The van der Waals surface area contributed by atoms with Crippen molar-refractivity contribution in [3.05, 3.63) is 0 Å². The molecule has 2 nitrogen and oxygen atoms in total. The van der Waals surface area contributed by atoms with Gasteiger partial charge >= 0.3 is 122 Å². The third-order valence-electron chi connectivity index (χ3n) is 2.14. The van der Waals surface area contributed by atoms with Crippen LogP contribution in [0.4, 0.5) is 0 Å². The molecule has 1 unspecified atom stereocenters. The quantitative estimate of drug-likeness (QED) is 0.543. The molecule has 0 aromatic heterocycles. The third kappa shape index (κ3) is 10.4. The Labute approximate surface area is 120 Å². The number of hydrogen-bond acceptors (Lipinski definition) is 3. The van der Waals surface area contributed by atoms with E-state index in [4.69, 9.17) is 5.11 Å². The number of hydrogen-bond donors (Lipinski definition) is 1. The second kappa shape index (κ2) is 11.4. The summed E-state index contributed by atoms with van der Waals surface area (Å²) in [5.74, 6) is 0.690. The van der Waals surface area contributed by atoms with Gasteiger partial charge in [0.2, 0.25) is 0 Å². The summed E-state index contributed by atoms with van der Waals surface area (Å²) in [4.78, 5) is 10.3. The molecule has 0 aliphatic rings. The number of carboxylic acid groups (broad SMARTS) is 1. The molecule has 1 atom stereocenters. The monoisotopic (exact) mass is 440 g/mol. The van der Waals surface area contributed by atoms with Gasteiger partial charge in [-0.05, 0) is 0 Å². The summed E-state index contributed by atoms with van der Waals surface area (Å²) >= 11 is 1.52. The minimum atomic E-state index is -0.650. The van der Waals surface area contributed by atoms with Crippen LogP contribution in [0, 0.1) is 0 Å². The van der Waals surface area contributed by atoms with E-state index in [-0.39, 0.29) is 0 Å².